The van der Waals surface area contributed by atoms with Crippen molar-refractivity contribution in [1.29, 1.82) is 0 Å². The number of hydrogen-bond donors (Lipinski definition) is 3. The van der Waals surface area contributed by atoms with E-state index in [1.165, 1.54) is 308 Å². The number of nitrogens with one attached hydrogen (secondary N) is 1. The van der Waals surface area contributed by atoms with Gasteiger partial charge in [-0.2, -0.15) is 0 Å². The van der Waals surface area contributed by atoms with Gasteiger partial charge in [0.15, 0.2) is 0 Å². The number of unbranched alkanes of at least 4 members (excludes halogenated alkanes) is 49. The minimum absolute atomic E-state index is 0.0663. The second-order valence-electron chi connectivity index (χ2n) is 22.2. The highest BCUT2D eigenvalue weighted by atomic mass is 16.3. The van der Waals surface area contributed by atoms with E-state index in [9.17, 15) is 15.0 Å². The molecule has 0 aromatic carbocycles. The van der Waals surface area contributed by atoms with E-state index in [1.807, 2.05) is 6.08 Å². The fraction of sp³-hybridized carbons (Fsp3) is 0.894. The molecular weight excluding hydrogens is 855 g/mol. The quantitative estimate of drug-likeness (QED) is 0.0420. The SMILES string of the molecule is CCCCCCCCCC/C=C\CCCCCCCCCCCCCCCCCCCCCCCCCC(=O)NC(CO)C(O)/C=C/CC/C=C/CCCCCCCCCCCCCCCCCCC. The molecule has 2 unspecified atom stereocenters. The van der Waals surface area contributed by atoms with Crippen molar-refractivity contribution in [2.45, 2.75) is 373 Å². The molecule has 3 N–H and O–H groups in total. The number of carbonyl (C=O) groups is 1. The molecule has 1 amide bonds. The molecule has 0 rings (SSSR count). The van der Waals surface area contributed by atoms with Crippen LogP contribution in [0.4, 0.5) is 0 Å². The summed E-state index contributed by atoms with van der Waals surface area (Å²) in [5.74, 6) is -0.0663. The Balaban J connectivity index is 3.44. The summed E-state index contributed by atoms with van der Waals surface area (Å²) in [7, 11) is 0. The number of allylic oxidation sites excluding steroid dienone is 5. The zero-order valence-electron chi connectivity index (χ0n) is 47.8. The second kappa shape index (κ2) is 61.9. The van der Waals surface area contributed by atoms with E-state index in [2.05, 4.69) is 43.5 Å². The summed E-state index contributed by atoms with van der Waals surface area (Å²) in [6, 6.07) is -0.638. The fourth-order valence-corrected chi connectivity index (χ4v) is 10.2. The van der Waals surface area contributed by atoms with Gasteiger partial charge in [-0.1, -0.05) is 333 Å². The monoisotopic (exact) mass is 982 g/mol. The molecule has 2 atom stereocenters. The van der Waals surface area contributed by atoms with Crippen LogP contribution < -0.4 is 5.32 Å². The highest BCUT2D eigenvalue weighted by Gasteiger charge is 2.18. The molecule has 0 aliphatic heterocycles. The molecule has 0 aromatic heterocycles. The summed E-state index contributed by atoms with van der Waals surface area (Å²) >= 11 is 0. The van der Waals surface area contributed by atoms with Crippen LogP contribution >= 0.6 is 0 Å². The van der Waals surface area contributed by atoms with Crippen LogP contribution in [0.3, 0.4) is 0 Å². The largest absolute Gasteiger partial charge is 0.394 e. The van der Waals surface area contributed by atoms with Gasteiger partial charge >= 0.3 is 0 Å². The third kappa shape index (κ3) is 57.5. The van der Waals surface area contributed by atoms with E-state index in [0.29, 0.717) is 6.42 Å². The van der Waals surface area contributed by atoms with Gasteiger partial charge in [0.1, 0.15) is 0 Å². The van der Waals surface area contributed by atoms with E-state index in [0.717, 1.165) is 32.1 Å². The van der Waals surface area contributed by atoms with Crippen LogP contribution in [-0.4, -0.2) is 34.9 Å². The lowest BCUT2D eigenvalue weighted by molar-refractivity contribution is -0.123. The summed E-state index contributed by atoms with van der Waals surface area (Å²) in [4.78, 5) is 12.5. The van der Waals surface area contributed by atoms with Crippen molar-refractivity contribution in [3.8, 4) is 0 Å². The Hall–Kier alpha value is -1.39. The fourth-order valence-electron chi connectivity index (χ4n) is 10.2. The molecule has 0 radical (unpaired) electrons. The number of aliphatic hydroxyl groups is 2. The molecule has 4 heteroatoms. The standard InChI is InChI=1S/C66H127NO3/c1-3-5-7-9-11-13-15-17-19-21-23-25-27-28-29-30-31-32-33-34-35-36-37-38-40-42-44-46-48-50-52-54-56-58-60-62-66(70)67-64(63-68)65(69)61-59-57-55-53-51-49-47-45-43-41-39-26-24-22-20-18-16-14-12-10-8-6-4-2/h21,23,51,53,59,61,64-65,68-69H,3-20,22,24-50,52,54-58,60,62-63H2,1-2H3,(H,67,70)/b23-21-,53-51+,61-59+. The predicted octanol–water partition coefficient (Wildman–Crippen LogP) is 21.6. The first-order valence-electron chi connectivity index (χ1n) is 32.2. The number of amides is 1. The van der Waals surface area contributed by atoms with Crippen LogP contribution in [0.15, 0.2) is 36.5 Å². The lowest BCUT2D eigenvalue weighted by Gasteiger charge is -2.19. The predicted molar refractivity (Wildman–Crippen MR) is 313 cm³/mol. The zero-order chi connectivity index (χ0) is 50.6. The van der Waals surface area contributed by atoms with E-state index in [1.54, 1.807) is 6.08 Å². The highest BCUT2D eigenvalue weighted by Crippen LogP contribution is 2.18. The average molecular weight is 983 g/mol. The van der Waals surface area contributed by atoms with Crippen LogP contribution in [0.2, 0.25) is 0 Å². The molecule has 70 heavy (non-hydrogen) atoms. The van der Waals surface area contributed by atoms with Crippen molar-refractivity contribution >= 4 is 5.91 Å². The van der Waals surface area contributed by atoms with Crippen LogP contribution in [0.5, 0.6) is 0 Å². The number of aliphatic hydroxyl groups excluding tert-OH is 2. The minimum atomic E-state index is -0.861. The first kappa shape index (κ1) is 68.6. The van der Waals surface area contributed by atoms with E-state index < -0.39 is 12.1 Å². The molecule has 0 fully saturated rings. The summed E-state index contributed by atoms with van der Waals surface area (Å²) in [6.07, 6.45) is 85.0. The van der Waals surface area contributed by atoms with Gasteiger partial charge in [-0.25, -0.2) is 0 Å². The molecule has 0 aromatic rings. The van der Waals surface area contributed by atoms with Gasteiger partial charge in [-0.15, -0.1) is 0 Å². The van der Waals surface area contributed by atoms with Crippen LogP contribution in [-0.2, 0) is 4.79 Å². The van der Waals surface area contributed by atoms with Crippen LogP contribution in [0.1, 0.15) is 361 Å². The normalized spacial score (nSPS) is 12.9. The molecule has 4 nitrogen and oxygen atoms in total. The first-order chi connectivity index (χ1) is 34.7. The molecule has 0 bridgehead atoms. The van der Waals surface area contributed by atoms with E-state index >= 15 is 0 Å². The molecule has 414 valence electrons. The number of hydrogen-bond acceptors (Lipinski definition) is 3. The molecule has 0 saturated carbocycles. The molecule has 0 aliphatic carbocycles. The third-order valence-corrected chi connectivity index (χ3v) is 15.1. The van der Waals surface area contributed by atoms with Gasteiger partial charge < -0.3 is 15.5 Å². The lowest BCUT2D eigenvalue weighted by Crippen LogP contribution is -2.45. The summed E-state index contributed by atoms with van der Waals surface area (Å²) < 4.78 is 0. The molecular formula is C66H127NO3. The van der Waals surface area contributed by atoms with E-state index in [-0.39, 0.29) is 12.5 Å². The summed E-state index contributed by atoms with van der Waals surface area (Å²) in [5, 5.41) is 23.2. The van der Waals surface area contributed by atoms with E-state index in [4.69, 9.17) is 0 Å². The Morgan fingerprint density at radius 2 is 0.557 bits per heavy atom. The Morgan fingerprint density at radius 3 is 0.829 bits per heavy atom. The zero-order valence-corrected chi connectivity index (χ0v) is 47.8. The van der Waals surface area contributed by atoms with Crippen molar-refractivity contribution in [2.24, 2.45) is 0 Å². The Kier molecular flexibility index (Phi) is 60.7. The summed E-state index contributed by atoms with van der Waals surface area (Å²) in [6.45, 7) is 4.34. The van der Waals surface area contributed by atoms with Gasteiger partial charge in [0, 0.05) is 6.42 Å². The van der Waals surface area contributed by atoms with Crippen LogP contribution in [0.25, 0.3) is 0 Å². The molecule has 0 spiro atoms. The van der Waals surface area contributed by atoms with Crippen molar-refractivity contribution in [3.63, 3.8) is 0 Å². The molecule has 0 saturated heterocycles. The second-order valence-corrected chi connectivity index (χ2v) is 22.2. The topological polar surface area (TPSA) is 69.6 Å². The average Bonchev–Trinajstić information content (AvgIpc) is 3.36. The Bertz CT molecular complexity index is 1070. The van der Waals surface area contributed by atoms with Gasteiger partial charge in [-0.05, 0) is 57.8 Å². The maximum absolute atomic E-state index is 12.5. The summed E-state index contributed by atoms with van der Waals surface area (Å²) in [5.41, 5.74) is 0. The van der Waals surface area contributed by atoms with Crippen molar-refractivity contribution in [1.82, 2.24) is 5.32 Å². The smallest absolute Gasteiger partial charge is 0.220 e. The highest BCUT2D eigenvalue weighted by molar-refractivity contribution is 5.76. The van der Waals surface area contributed by atoms with Gasteiger partial charge in [-0.3, -0.25) is 4.79 Å². The van der Waals surface area contributed by atoms with Gasteiger partial charge in [0.2, 0.25) is 5.91 Å². The maximum atomic E-state index is 12.5. The van der Waals surface area contributed by atoms with Crippen molar-refractivity contribution in [3.05, 3.63) is 36.5 Å². The Labute approximate surface area is 440 Å². The van der Waals surface area contributed by atoms with Crippen molar-refractivity contribution in [2.75, 3.05) is 6.61 Å². The van der Waals surface area contributed by atoms with Crippen LogP contribution in [0, 0.1) is 0 Å². The maximum Gasteiger partial charge on any atom is 0.220 e. The van der Waals surface area contributed by atoms with Gasteiger partial charge in [0.25, 0.3) is 0 Å². The Morgan fingerprint density at radius 1 is 0.329 bits per heavy atom. The third-order valence-electron chi connectivity index (χ3n) is 15.1. The van der Waals surface area contributed by atoms with Crippen molar-refractivity contribution < 1.29 is 15.0 Å². The molecule has 0 heterocycles. The minimum Gasteiger partial charge on any atom is -0.394 e. The number of carbonyl (C=O) groups excluding carboxylic acids is 1. The first-order valence-corrected chi connectivity index (χ1v) is 32.2. The molecule has 0 aliphatic rings. The van der Waals surface area contributed by atoms with Gasteiger partial charge in [0.05, 0.1) is 18.8 Å². The number of rotatable bonds is 60. The lowest BCUT2D eigenvalue weighted by atomic mass is 10.0.